The molecule has 3 rings (SSSR count). The molecule has 1 fully saturated rings. The minimum atomic E-state index is -0.608. The Morgan fingerprint density at radius 1 is 1.33 bits per heavy atom. The number of methoxy groups -OCH3 is 1. The van der Waals surface area contributed by atoms with Gasteiger partial charge in [-0.3, -0.25) is 4.98 Å². The van der Waals surface area contributed by atoms with E-state index in [2.05, 4.69) is 15.2 Å². The molecule has 0 spiro atoms. The Bertz CT molecular complexity index is 645. The molecule has 6 heteroatoms. The number of nitrogens with zero attached hydrogens (tertiary/aromatic N) is 3. The molecule has 0 aliphatic carbocycles. The van der Waals surface area contributed by atoms with Crippen molar-refractivity contribution in [2.24, 2.45) is 0 Å². The SMILES string of the molecule is COC1(c2nnc(/C=C/c3cnccc3C)o2)CCOC1. The van der Waals surface area contributed by atoms with Gasteiger partial charge in [0.1, 0.15) is 0 Å². The van der Waals surface area contributed by atoms with Crippen LogP contribution in [0.25, 0.3) is 12.2 Å². The Hall–Kier alpha value is -2.05. The summed E-state index contributed by atoms with van der Waals surface area (Å²) in [6.45, 7) is 3.10. The summed E-state index contributed by atoms with van der Waals surface area (Å²) in [5.74, 6) is 0.904. The van der Waals surface area contributed by atoms with Crippen LogP contribution in [-0.2, 0) is 15.1 Å². The van der Waals surface area contributed by atoms with Crippen molar-refractivity contribution >= 4 is 12.2 Å². The lowest BCUT2D eigenvalue weighted by atomic mass is 10.0. The predicted molar refractivity (Wildman–Crippen MR) is 76.3 cm³/mol. The van der Waals surface area contributed by atoms with Gasteiger partial charge in [0.2, 0.25) is 5.89 Å². The Balaban J connectivity index is 1.81. The number of pyridine rings is 1. The molecular weight excluding hydrogens is 270 g/mol. The molecule has 2 aromatic rings. The predicted octanol–water partition coefficient (Wildman–Crippen LogP) is 2.21. The Labute approximate surface area is 122 Å². The van der Waals surface area contributed by atoms with Gasteiger partial charge < -0.3 is 13.9 Å². The summed E-state index contributed by atoms with van der Waals surface area (Å²) in [5.41, 5.74) is 1.55. The van der Waals surface area contributed by atoms with Crippen LogP contribution in [0.3, 0.4) is 0 Å². The first kappa shape index (κ1) is 13.9. The largest absolute Gasteiger partial charge is 0.418 e. The molecule has 110 valence electrons. The summed E-state index contributed by atoms with van der Waals surface area (Å²) >= 11 is 0. The van der Waals surface area contributed by atoms with E-state index < -0.39 is 5.60 Å². The zero-order valence-electron chi connectivity index (χ0n) is 12.1. The lowest BCUT2D eigenvalue weighted by molar-refractivity contribution is -0.0412. The monoisotopic (exact) mass is 287 g/mol. The molecule has 0 aromatic carbocycles. The molecule has 1 atom stereocenters. The van der Waals surface area contributed by atoms with Gasteiger partial charge in [0.05, 0.1) is 13.2 Å². The number of aryl methyl sites for hydroxylation is 1. The Morgan fingerprint density at radius 3 is 2.95 bits per heavy atom. The number of ether oxygens (including phenoxy) is 2. The molecule has 2 aromatic heterocycles. The molecule has 3 heterocycles. The lowest BCUT2D eigenvalue weighted by Gasteiger charge is -2.20. The second-order valence-corrected chi connectivity index (χ2v) is 5.01. The van der Waals surface area contributed by atoms with E-state index in [0.29, 0.717) is 25.0 Å². The van der Waals surface area contributed by atoms with Crippen LogP contribution in [0.1, 0.15) is 29.3 Å². The van der Waals surface area contributed by atoms with E-state index in [0.717, 1.165) is 17.5 Å². The van der Waals surface area contributed by atoms with Crippen molar-refractivity contribution in [1.82, 2.24) is 15.2 Å². The van der Waals surface area contributed by atoms with Crippen LogP contribution in [0.15, 0.2) is 22.9 Å². The summed E-state index contributed by atoms with van der Waals surface area (Å²) in [5, 5.41) is 8.13. The molecule has 0 N–H and O–H groups in total. The first-order valence-corrected chi connectivity index (χ1v) is 6.79. The van der Waals surface area contributed by atoms with Gasteiger partial charge in [-0.25, -0.2) is 0 Å². The molecule has 21 heavy (non-hydrogen) atoms. The number of aromatic nitrogens is 3. The van der Waals surface area contributed by atoms with Crippen molar-refractivity contribution in [1.29, 1.82) is 0 Å². The van der Waals surface area contributed by atoms with Gasteiger partial charge in [-0.15, -0.1) is 10.2 Å². The molecule has 0 saturated carbocycles. The highest BCUT2D eigenvalue weighted by Gasteiger charge is 2.42. The first-order chi connectivity index (χ1) is 10.2. The summed E-state index contributed by atoms with van der Waals surface area (Å²) in [4.78, 5) is 4.10. The summed E-state index contributed by atoms with van der Waals surface area (Å²) < 4.78 is 16.6. The van der Waals surface area contributed by atoms with E-state index >= 15 is 0 Å². The summed E-state index contributed by atoms with van der Waals surface area (Å²) in [6.07, 6.45) is 7.96. The normalized spacial score (nSPS) is 22.2. The fourth-order valence-electron chi connectivity index (χ4n) is 2.26. The maximum absolute atomic E-state index is 5.69. The number of hydrogen-bond donors (Lipinski definition) is 0. The van der Waals surface area contributed by atoms with Crippen molar-refractivity contribution in [3.8, 4) is 0 Å². The maximum atomic E-state index is 5.69. The van der Waals surface area contributed by atoms with E-state index in [1.54, 1.807) is 25.6 Å². The van der Waals surface area contributed by atoms with Gasteiger partial charge in [-0.1, -0.05) is 0 Å². The van der Waals surface area contributed by atoms with Crippen LogP contribution in [0.5, 0.6) is 0 Å². The Morgan fingerprint density at radius 2 is 2.24 bits per heavy atom. The van der Waals surface area contributed by atoms with Crippen LogP contribution in [0.4, 0.5) is 0 Å². The highest BCUT2D eigenvalue weighted by atomic mass is 16.6. The molecule has 1 aliphatic rings. The minimum Gasteiger partial charge on any atom is -0.418 e. The first-order valence-electron chi connectivity index (χ1n) is 6.79. The zero-order valence-corrected chi connectivity index (χ0v) is 12.1. The topological polar surface area (TPSA) is 70.3 Å². The van der Waals surface area contributed by atoms with E-state index in [1.165, 1.54) is 0 Å². The molecule has 1 aliphatic heterocycles. The van der Waals surface area contributed by atoms with Crippen molar-refractivity contribution in [2.75, 3.05) is 20.3 Å². The third-order valence-electron chi connectivity index (χ3n) is 3.69. The summed E-state index contributed by atoms with van der Waals surface area (Å²) in [7, 11) is 1.63. The number of rotatable bonds is 4. The fourth-order valence-corrected chi connectivity index (χ4v) is 2.26. The smallest absolute Gasteiger partial charge is 0.251 e. The van der Waals surface area contributed by atoms with Gasteiger partial charge in [0.25, 0.3) is 5.89 Å². The van der Waals surface area contributed by atoms with E-state index in [1.807, 2.05) is 19.1 Å². The second-order valence-electron chi connectivity index (χ2n) is 5.01. The quantitative estimate of drug-likeness (QED) is 0.858. The molecule has 0 bridgehead atoms. The highest BCUT2D eigenvalue weighted by molar-refractivity contribution is 5.67. The minimum absolute atomic E-state index is 0.441. The molecule has 6 nitrogen and oxygen atoms in total. The van der Waals surface area contributed by atoms with Gasteiger partial charge in [-0.05, 0) is 30.2 Å². The van der Waals surface area contributed by atoms with Crippen molar-refractivity contribution < 1.29 is 13.9 Å². The number of hydrogen-bond acceptors (Lipinski definition) is 6. The molecule has 0 amide bonds. The van der Waals surface area contributed by atoms with E-state index in [9.17, 15) is 0 Å². The molecular formula is C15H17N3O3. The fraction of sp³-hybridized carbons (Fsp3) is 0.400. The van der Waals surface area contributed by atoms with Gasteiger partial charge in [0.15, 0.2) is 5.60 Å². The van der Waals surface area contributed by atoms with Crippen LogP contribution in [0, 0.1) is 6.92 Å². The van der Waals surface area contributed by atoms with Crippen LogP contribution >= 0.6 is 0 Å². The van der Waals surface area contributed by atoms with Crippen molar-refractivity contribution in [3.05, 3.63) is 41.4 Å². The van der Waals surface area contributed by atoms with Crippen LogP contribution < -0.4 is 0 Å². The standard InChI is InChI=1S/C15H17N3O3/c1-11-5-7-16-9-12(11)3-4-13-17-18-14(21-13)15(19-2)6-8-20-10-15/h3-5,7,9H,6,8,10H2,1-2H3/b4-3+. The maximum Gasteiger partial charge on any atom is 0.251 e. The van der Waals surface area contributed by atoms with Gasteiger partial charge in [-0.2, -0.15) is 0 Å². The van der Waals surface area contributed by atoms with Gasteiger partial charge in [0, 0.05) is 32.0 Å². The second kappa shape index (κ2) is 5.75. The lowest BCUT2D eigenvalue weighted by Crippen LogP contribution is -2.29. The average molecular weight is 287 g/mol. The Kier molecular flexibility index (Phi) is 3.81. The highest BCUT2D eigenvalue weighted by Crippen LogP contribution is 2.33. The molecule has 0 radical (unpaired) electrons. The van der Waals surface area contributed by atoms with Gasteiger partial charge >= 0.3 is 0 Å². The van der Waals surface area contributed by atoms with E-state index in [4.69, 9.17) is 13.9 Å². The van der Waals surface area contributed by atoms with Crippen molar-refractivity contribution in [3.63, 3.8) is 0 Å². The van der Waals surface area contributed by atoms with Crippen LogP contribution in [-0.4, -0.2) is 35.5 Å². The van der Waals surface area contributed by atoms with Crippen molar-refractivity contribution in [2.45, 2.75) is 18.9 Å². The third-order valence-corrected chi connectivity index (χ3v) is 3.69. The van der Waals surface area contributed by atoms with E-state index in [-0.39, 0.29) is 0 Å². The zero-order chi connectivity index (χ0) is 14.7. The third kappa shape index (κ3) is 2.72. The molecule has 1 unspecified atom stereocenters. The average Bonchev–Trinajstić information content (AvgIpc) is 3.16. The van der Waals surface area contributed by atoms with Crippen LogP contribution in [0.2, 0.25) is 0 Å². The molecule has 1 saturated heterocycles. The summed E-state index contributed by atoms with van der Waals surface area (Å²) in [6, 6.07) is 1.95.